The molecule has 2 aromatic rings. The highest BCUT2D eigenvalue weighted by Gasteiger charge is 1.94. The van der Waals surface area contributed by atoms with Crippen LogP contribution in [0.3, 0.4) is 0 Å². The molecule has 73 valence electrons. The fraction of sp³-hybridized carbons (Fsp3) is 0. The molecule has 0 fully saturated rings. The summed E-state index contributed by atoms with van der Waals surface area (Å²) in [6, 6.07) is 17.3. The highest BCUT2D eigenvalue weighted by atomic mass is 16.3. The molecule has 1 N–H and O–H groups in total. The second kappa shape index (κ2) is 4.42. The fourth-order valence-electron chi connectivity index (χ4n) is 1.20. The van der Waals surface area contributed by atoms with Crippen LogP contribution in [-0.2, 0) is 0 Å². The lowest BCUT2D eigenvalue weighted by Gasteiger charge is -1.96. The van der Waals surface area contributed by atoms with Crippen LogP contribution >= 0.6 is 0 Å². The van der Waals surface area contributed by atoms with E-state index in [1.54, 1.807) is 30.5 Å². The second-order valence-electron chi connectivity index (χ2n) is 3.08. The molecule has 0 spiro atoms. The van der Waals surface area contributed by atoms with Gasteiger partial charge in [-0.2, -0.15) is 0 Å². The van der Waals surface area contributed by atoms with Crippen molar-refractivity contribution in [1.29, 1.82) is 0 Å². The molecule has 0 unspecified atom stereocenters. The van der Waals surface area contributed by atoms with Gasteiger partial charge in [-0.1, -0.05) is 24.3 Å². The highest BCUT2D eigenvalue weighted by molar-refractivity contribution is 5.85. The maximum atomic E-state index is 9.49. The van der Waals surface area contributed by atoms with Crippen LogP contribution in [0.25, 0.3) is 0 Å². The molecule has 0 bridgehead atoms. The van der Waals surface area contributed by atoms with E-state index in [4.69, 9.17) is 0 Å². The molecule has 0 aliphatic rings. The Balaban J connectivity index is 2.23. The van der Waals surface area contributed by atoms with Crippen molar-refractivity contribution in [3.8, 4) is 5.75 Å². The van der Waals surface area contributed by atoms with Gasteiger partial charge in [0.05, 0.1) is 5.69 Å². The molecule has 0 atom stereocenters. The predicted molar refractivity (Wildman–Crippen MR) is 60.6 cm³/mol. The summed E-state index contributed by atoms with van der Waals surface area (Å²) >= 11 is 0. The standard InChI is InChI=1S/C13H10NO/c15-13-9-5-4-6-11(13)10-14-12-7-2-1-3-8-12/h2-10,15H. The van der Waals surface area contributed by atoms with Crippen LogP contribution in [0.5, 0.6) is 5.75 Å². The average Bonchev–Trinajstić information content (AvgIpc) is 2.29. The van der Waals surface area contributed by atoms with Crippen LogP contribution in [0.4, 0.5) is 5.69 Å². The van der Waals surface area contributed by atoms with E-state index in [1.165, 1.54) is 0 Å². The van der Waals surface area contributed by atoms with Crippen LogP contribution in [0.1, 0.15) is 5.56 Å². The van der Waals surface area contributed by atoms with Gasteiger partial charge in [0, 0.05) is 11.8 Å². The van der Waals surface area contributed by atoms with Crippen molar-refractivity contribution in [2.24, 2.45) is 4.99 Å². The zero-order chi connectivity index (χ0) is 10.5. The number of benzene rings is 2. The van der Waals surface area contributed by atoms with Crippen molar-refractivity contribution in [3.63, 3.8) is 0 Å². The minimum atomic E-state index is 0.240. The molecule has 0 aliphatic carbocycles. The van der Waals surface area contributed by atoms with Crippen molar-refractivity contribution in [1.82, 2.24) is 0 Å². The Morgan fingerprint density at radius 1 is 1.07 bits per heavy atom. The first-order chi connectivity index (χ1) is 7.36. The van der Waals surface area contributed by atoms with E-state index < -0.39 is 0 Å². The molecule has 2 rings (SSSR count). The Labute approximate surface area is 88.5 Å². The lowest BCUT2D eigenvalue weighted by Crippen LogP contribution is -1.80. The van der Waals surface area contributed by atoms with Crippen LogP contribution in [0, 0.1) is 6.07 Å². The van der Waals surface area contributed by atoms with Crippen LogP contribution < -0.4 is 0 Å². The van der Waals surface area contributed by atoms with Gasteiger partial charge in [0.1, 0.15) is 5.75 Å². The number of hydrogen-bond acceptors (Lipinski definition) is 2. The summed E-state index contributed by atoms with van der Waals surface area (Å²) in [5, 5.41) is 9.49. The monoisotopic (exact) mass is 196 g/mol. The first-order valence-corrected chi connectivity index (χ1v) is 4.64. The maximum Gasteiger partial charge on any atom is 0.124 e. The summed E-state index contributed by atoms with van der Waals surface area (Å²) in [7, 11) is 0. The molecule has 0 aliphatic heterocycles. The van der Waals surface area contributed by atoms with Gasteiger partial charge in [-0.05, 0) is 30.3 Å². The molecule has 2 aromatic carbocycles. The zero-order valence-corrected chi connectivity index (χ0v) is 8.09. The Bertz CT molecular complexity index is 463. The number of rotatable bonds is 2. The lowest BCUT2D eigenvalue weighted by atomic mass is 10.2. The molecule has 2 nitrogen and oxygen atoms in total. The molecule has 0 saturated carbocycles. The molecule has 0 amide bonds. The maximum absolute atomic E-state index is 9.49. The Morgan fingerprint density at radius 2 is 1.80 bits per heavy atom. The van der Waals surface area contributed by atoms with E-state index in [9.17, 15) is 5.11 Å². The third-order valence-corrected chi connectivity index (χ3v) is 1.99. The quantitative estimate of drug-likeness (QED) is 0.736. The largest absolute Gasteiger partial charge is 0.507 e. The predicted octanol–water partition coefficient (Wildman–Crippen LogP) is 2.94. The van der Waals surface area contributed by atoms with Crippen molar-refractivity contribution < 1.29 is 5.11 Å². The van der Waals surface area contributed by atoms with Gasteiger partial charge in [0.2, 0.25) is 0 Å². The van der Waals surface area contributed by atoms with Gasteiger partial charge >= 0.3 is 0 Å². The molecule has 15 heavy (non-hydrogen) atoms. The third-order valence-electron chi connectivity index (χ3n) is 1.99. The summed E-state index contributed by atoms with van der Waals surface area (Å²) in [5.41, 5.74) is 1.56. The molecule has 0 saturated heterocycles. The smallest absolute Gasteiger partial charge is 0.124 e. The van der Waals surface area contributed by atoms with Crippen LogP contribution in [0.2, 0.25) is 0 Å². The number of aromatic hydroxyl groups is 1. The number of phenolic OH excluding ortho intramolecular Hbond substituents is 1. The summed E-state index contributed by atoms with van der Waals surface area (Å²) < 4.78 is 0. The van der Waals surface area contributed by atoms with E-state index in [1.807, 2.05) is 24.3 Å². The Kier molecular flexibility index (Phi) is 2.79. The minimum absolute atomic E-state index is 0.240. The number of phenols is 1. The number of hydrogen-bond donors (Lipinski definition) is 1. The van der Waals surface area contributed by atoms with E-state index in [-0.39, 0.29) is 5.75 Å². The van der Waals surface area contributed by atoms with E-state index in [2.05, 4.69) is 11.1 Å². The number of nitrogens with zero attached hydrogens (tertiary/aromatic N) is 1. The summed E-state index contributed by atoms with van der Waals surface area (Å²) in [5.74, 6) is 0.240. The van der Waals surface area contributed by atoms with Crippen molar-refractivity contribution in [3.05, 3.63) is 60.2 Å². The van der Waals surface area contributed by atoms with Gasteiger partial charge in [-0.15, -0.1) is 0 Å². The lowest BCUT2D eigenvalue weighted by molar-refractivity contribution is 0.474. The van der Waals surface area contributed by atoms with Gasteiger partial charge in [0.25, 0.3) is 0 Å². The van der Waals surface area contributed by atoms with Crippen molar-refractivity contribution in [2.75, 3.05) is 0 Å². The molecule has 1 radical (unpaired) electrons. The number of para-hydroxylation sites is 1. The van der Waals surface area contributed by atoms with E-state index >= 15 is 0 Å². The molecular weight excluding hydrogens is 186 g/mol. The first-order valence-electron chi connectivity index (χ1n) is 4.64. The van der Waals surface area contributed by atoms with Crippen LogP contribution in [-0.4, -0.2) is 11.3 Å². The third kappa shape index (κ3) is 2.44. The van der Waals surface area contributed by atoms with Crippen molar-refractivity contribution in [2.45, 2.75) is 0 Å². The summed E-state index contributed by atoms with van der Waals surface area (Å²) in [6.07, 6.45) is 1.64. The first kappa shape index (κ1) is 9.46. The normalized spacial score (nSPS) is 10.7. The van der Waals surface area contributed by atoms with E-state index in [0.717, 1.165) is 5.69 Å². The molecule has 2 heteroatoms. The van der Waals surface area contributed by atoms with Crippen LogP contribution in [0.15, 0.2) is 53.5 Å². The number of aliphatic imine (C=N–C) groups is 1. The van der Waals surface area contributed by atoms with Gasteiger partial charge < -0.3 is 5.11 Å². The topological polar surface area (TPSA) is 32.6 Å². The molecular formula is C13H10NO. The Hall–Kier alpha value is -2.09. The van der Waals surface area contributed by atoms with Gasteiger partial charge in [0.15, 0.2) is 0 Å². The fourth-order valence-corrected chi connectivity index (χ4v) is 1.20. The van der Waals surface area contributed by atoms with E-state index in [0.29, 0.717) is 5.56 Å². The van der Waals surface area contributed by atoms with Crippen molar-refractivity contribution >= 4 is 11.9 Å². The molecule has 0 aromatic heterocycles. The van der Waals surface area contributed by atoms with Gasteiger partial charge in [-0.25, -0.2) is 0 Å². The summed E-state index contributed by atoms with van der Waals surface area (Å²) in [4.78, 5) is 4.23. The second-order valence-corrected chi connectivity index (χ2v) is 3.08. The Morgan fingerprint density at radius 3 is 2.53 bits per heavy atom. The van der Waals surface area contributed by atoms with Gasteiger partial charge in [-0.3, -0.25) is 4.99 Å². The molecule has 0 heterocycles. The zero-order valence-electron chi connectivity index (χ0n) is 8.09. The minimum Gasteiger partial charge on any atom is -0.507 e. The SMILES string of the molecule is Oc1ccccc1C=Nc1cc[c]cc1. The highest BCUT2D eigenvalue weighted by Crippen LogP contribution is 2.15. The average molecular weight is 196 g/mol. The summed E-state index contributed by atoms with van der Waals surface area (Å²) in [6.45, 7) is 0.